The molecule has 2 aromatic heterocycles. The van der Waals surface area contributed by atoms with Gasteiger partial charge in [-0.2, -0.15) is 13.2 Å². The van der Waals surface area contributed by atoms with E-state index in [1.165, 1.54) is 36.5 Å². The molecule has 240 valence electrons. The molecule has 2 aliphatic rings. The van der Waals surface area contributed by atoms with Crippen LogP contribution in [0.4, 0.5) is 22.0 Å². The number of halogens is 6. The molecule has 0 saturated heterocycles. The summed E-state index contributed by atoms with van der Waals surface area (Å²) in [4.78, 5) is 34.0. The Morgan fingerprint density at radius 2 is 1.87 bits per heavy atom. The number of rotatable bonds is 9. The molecule has 0 spiro atoms. The van der Waals surface area contributed by atoms with Gasteiger partial charge >= 0.3 is 6.18 Å². The molecule has 4 N–H and O–H groups in total. The van der Waals surface area contributed by atoms with E-state index >= 15 is 0 Å². The maximum atomic E-state index is 14.8. The molecule has 0 unspecified atom stereocenters. The summed E-state index contributed by atoms with van der Waals surface area (Å²) in [6.07, 6.45) is -2.62. The average molecular weight is 663 g/mol. The fourth-order valence-electron chi connectivity index (χ4n) is 5.13. The lowest BCUT2D eigenvalue weighted by Crippen LogP contribution is -2.52. The number of pyridine rings is 2. The second-order valence-corrected chi connectivity index (χ2v) is 11.6. The maximum absolute atomic E-state index is 14.8. The number of benzene rings is 2. The lowest BCUT2D eigenvalue weighted by atomic mass is 9.81. The van der Waals surface area contributed by atoms with Crippen LogP contribution in [0.3, 0.4) is 0 Å². The van der Waals surface area contributed by atoms with Gasteiger partial charge in [0.1, 0.15) is 47.2 Å². The number of ether oxygens (including phenoxy) is 2. The Balaban J connectivity index is 1.42. The highest BCUT2D eigenvalue weighted by Crippen LogP contribution is 2.48. The number of alkyl halides is 4. The number of fused-ring (bicyclic) bond motifs is 2. The number of carbonyl (C=O) groups excluding carboxylic acids is 2. The number of amides is 2. The van der Waals surface area contributed by atoms with E-state index in [-0.39, 0.29) is 45.0 Å². The first kappa shape index (κ1) is 31.4. The Labute approximate surface area is 262 Å². The largest absolute Gasteiger partial charge is 0.489 e. The van der Waals surface area contributed by atoms with Gasteiger partial charge in [0.15, 0.2) is 0 Å². The number of hydrogen-bond donors (Lipinski definition) is 3. The highest BCUT2D eigenvalue weighted by Gasteiger charge is 2.58. The Kier molecular flexibility index (Phi) is 7.75. The summed E-state index contributed by atoms with van der Waals surface area (Å²) in [5.74, 6) is -2.93. The number of nitrogens with zero attached hydrogens (tertiary/aromatic N) is 2. The predicted octanol–water partition coefficient (Wildman–Crippen LogP) is 4.90. The van der Waals surface area contributed by atoms with Crippen LogP contribution in [0, 0.1) is 5.82 Å². The number of nitrogens with one attached hydrogen (secondary N) is 1. The molecule has 1 saturated carbocycles. The monoisotopic (exact) mass is 662 g/mol. The SMILES string of the molecule is NC(=O)[C@@]1(CF)COc2c1cc([C@@](O)(CNC(=O)c1cc(OC3CC3)c3ncc(Cl)cc3c1)C(F)(F)F)nc2-c1ccc(F)cc1. The van der Waals surface area contributed by atoms with Crippen molar-refractivity contribution in [3.05, 3.63) is 82.4 Å². The summed E-state index contributed by atoms with van der Waals surface area (Å²) >= 11 is 6.07. The van der Waals surface area contributed by atoms with Crippen molar-refractivity contribution in [2.45, 2.75) is 36.1 Å². The van der Waals surface area contributed by atoms with Crippen LogP contribution in [-0.2, 0) is 15.8 Å². The fraction of sp³-hybridized carbons (Fsp3) is 0.290. The van der Waals surface area contributed by atoms with Gasteiger partial charge in [-0.15, -0.1) is 0 Å². The normalized spacial score (nSPS) is 18.8. The van der Waals surface area contributed by atoms with E-state index in [9.17, 15) is 36.6 Å². The zero-order valence-electron chi connectivity index (χ0n) is 23.6. The molecule has 1 aliphatic heterocycles. The number of aromatic nitrogens is 2. The van der Waals surface area contributed by atoms with Gasteiger partial charge in [-0.3, -0.25) is 14.6 Å². The zero-order chi connectivity index (χ0) is 33.0. The van der Waals surface area contributed by atoms with Crippen LogP contribution in [0.25, 0.3) is 22.2 Å². The highest BCUT2D eigenvalue weighted by atomic mass is 35.5. The van der Waals surface area contributed by atoms with Crippen molar-refractivity contribution in [1.29, 1.82) is 0 Å². The molecule has 4 aromatic rings. The number of primary amides is 1. The molecule has 46 heavy (non-hydrogen) atoms. The lowest BCUT2D eigenvalue weighted by Gasteiger charge is -2.31. The Hall–Kier alpha value is -4.56. The Bertz CT molecular complexity index is 1870. The molecule has 3 heterocycles. The van der Waals surface area contributed by atoms with Crippen molar-refractivity contribution in [2.75, 3.05) is 19.8 Å². The molecule has 0 radical (unpaired) electrons. The minimum Gasteiger partial charge on any atom is -0.489 e. The van der Waals surface area contributed by atoms with E-state index in [1.807, 2.05) is 0 Å². The Morgan fingerprint density at radius 3 is 2.50 bits per heavy atom. The van der Waals surface area contributed by atoms with Gasteiger partial charge in [-0.25, -0.2) is 13.8 Å². The van der Waals surface area contributed by atoms with Gasteiger partial charge in [-0.1, -0.05) is 11.6 Å². The molecule has 15 heteroatoms. The summed E-state index contributed by atoms with van der Waals surface area (Å²) < 4.78 is 83.7. The second-order valence-electron chi connectivity index (χ2n) is 11.2. The van der Waals surface area contributed by atoms with Crippen LogP contribution in [-0.4, -0.2) is 59.0 Å². The van der Waals surface area contributed by atoms with Crippen molar-refractivity contribution < 1.29 is 46.1 Å². The van der Waals surface area contributed by atoms with Crippen LogP contribution in [0.5, 0.6) is 11.5 Å². The summed E-state index contributed by atoms with van der Waals surface area (Å²) in [6, 6.07) is 9.25. The lowest BCUT2D eigenvalue weighted by molar-refractivity contribution is -0.265. The van der Waals surface area contributed by atoms with E-state index in [0.29, 0.717) is 17.0 Å². The van der Waals surface area contributed by atoms with Gasteiger partial charge in [0, 0.05) is 28.3 Å². The molecule has 9 nitrogen and oxygen atoms in total. The van der Waals surface area contributed by atoms with E-state index in [1.54, 1.807) is 0 Å². The maximum Gasteiger partial charge on any atom is 0.424 e. The van der Waals surface area contributed by atoms with Crippen molar-refractivity contribution in [1.82, 2.24) is 15.3 Å². The van der Waals surface area contributed by atoms with E-state index in [2.05, 4.69) is 15.3 Å². The first-order valence-corrected chi connectivity index (χ1v) is 14.3. The summed E-state index contributed by atoms with van der Waals surface area (Å²) in [7, 11) is 0. The van der Waals surface area contributed by atoms with Crippen LogP contribution >= 0.6 is 11.6 Å². The van der Waals surface area contributed by atoms with Crippen LogP contribution in [0.2, 0.25) is 5.02 Å². The standard InChI is InChI=1S/C31H24ClF5N4O5/c32-18-8-16-7-17(9-22(24(16)39-11-18)46-20-5-6-20)27(42)40-13-30(44,31(35,36)37)23-10-21-26(45-14-29(21,12-33)28(38)43)25(41-23)15-1-3-19(34)4-2-15/h1-4,7-11,20,44H,5-6,12-14H2,(H2,38,43)(H,40,42)/t29-,30-/m0/s1. The summed E-state index contributed by atoms with van der Waals surface area (Å²) in [5.41, 5.74) is -2.08. The molecular formula is C31H24ClF5N4O5. The van der Waals surface area contributed by atoms with E-state index < -0.39 is 60.3 Å². The van der Waals surface area contributed by atoms with Crippen molar-refractivity contribution in [3.63, 3.8) is 0 Å². The fourth-order valence-corrected chi connectivity index (χ4v) is 5.29. The first-order chi connectivity index (χ1) is 21.8. The molecular weight excluding hydrogens is 639 g/mol. The van der Waals surface area contributed by atoms with Crippen LogP contribution in [0.1, 0.15) is 34.5 Å². The van der Waals surface area contributed by atoms with Gasteiger partial charge in [0.2, 0.25) is 11.5 Å². The van der Waals surface area contributed by atoms with E-state index in [4.69, 9.17) is 26.8 Å². The molecule has 2 atom stereocenters. The number of aliphatic hydroxyl groups is 1. The minimum atomic E-state index is -5.47. The summed E-state index contributed by atoms with van der Waals surface area (Å²) in [5, 5.41) is 14.0. The van der Waals surface area contributed by atoms with Crippen molar-refractivity contribution in [3.8, 4) is 22.8 Å². The number of nitrogens with two attached hydrogens (primary N) is 1. The van der Waals surface area contributed by atoms with Gasteiger partial charge in [-0.05, 0) is 61.4 Å². The molecule has 2 aromatic carbocycles. The summed E-state index contributed by atoms with van der Waals surface area (Å²) in [6.45, 7) is -3.54. The highest BCUT2D eigenvalue weighted by molar-refractivity contribution is 6.31. The van der Waals surface area contributed by atoms with Crippen LogP contribution in [0.15, 0.2) is 54.7 Å². The van der Waals surface area contributed by atoms with Gasteiger partial charge < -0.3 is 25.6 Å². The van der Waals surface area contributed by atoms with E-state index in [0.717, 1.165) is 25.0 Å². The average Bonchev–Trinajstić information content (AvgIpc) is 3.75. The molecule has 1 aliphatic carbocycles. The van der Waals surface area contributed by atoms with Gasteiger partial charge in [0.05, 0.1) is 23.4 Å². The predicted molar refractivity (Wildman–Crippen MR) is 155 cm³/mol. The minimum absolute atomic E-state index is 0.0406. The number of carbonyl (C=O) groups is 2. The molecule has 1 fully saturated rings. The van der Waals surface area contributed by atoms with Gasteiger partial charge in [0.25, 0.3) is 5.91 Å². The van der Waals surface area contributed by atoms with Crippen molar-refractivity contribution in [2.24, 2.45) is 5.73 Å². The van der Waals surface area contributed by atoms with Crippen LogP contribution < -0.4 is 20.5 Å². The third-order valence-corrected chi connectivity index (χ3v) is 8.17. The van der Waals surface area contributed by atoms with Crippen molar-refractivity contribution >= 4 is 34.3 Å². The molecule has 6 rings (SSSR count). The molecule has 0 bridgehead atoms. The third-order valence-electron chi connectivity index (χ3n) is 7.96. The number of hydrogen-bond acceptors (Lipinski definition) is 7. The first-order valence-electron chi connectivity index (χ1n) is 13.9. The third kappa shape index (κ3) is 5.45. The second kappa shape index (κ2) is 11.4. The Morgan fingerprint density at radius 1 is 1.15 bits per heavy atom. The smallest absolute Gasteiger partial charge is 0.424 e. The molecule has 2 amide bonds. The zero-order valence-corrected chi connectivity index (χ0v) is 24.4. The topological polar surface area (TPSA) is 137 Å². The quantitative estimate of drug-likeness (QED) is 0.217.